The van der Waals surface area contributed by atoms with Crippen molar-refractivity contribution in [1.29, 1.82) is 0 Å². The Labute approximate surface area is 118 Å². The fraction of sp³-hybridized carbons (Fsp3) is 0.250. The number of carbonyl (C=O) groups excluding carboxylic acids is 1. The fourth-order valence-electron chi connectivity index (χ4n) is 0.480. The molecule has 0 fully saturated rings. The number of nitrogens with one attached hydrogen (secondary N) is 1. The van der Waals surface area contributed by atoms with Gasteiger partial charge in [-0.05, 0) is 0 Å². The molecule has 0 saturated heterocycles. The Morgan fingerprint density at radius 1 is 1.43 bits per heavy atom. The third kappa shape index (κ3) is 4.02. The fourth-order valence-corrected chi connectivity index (χ4v) is 0.480. The minimum atomic E-state index is -4.72. The number of aromatic amines is 1. The van der Waals surface area contributed by atoms with Gasteiger partial charge in [0.1, 0.15) is 5.97 Å². The topological polar surface area (TPSA) is 113 Å². The van der Waals surface area contributed by atoms with Crippen LogP contribution in [-0.4, -0.2) is 26.6 Å². The molecular formula is C4H3F3KN3O3. The summed E-state index contributed by atoms with van der Waals surface area (Å²) in [7, 11) is 0. The number of aromatic nitrogens is 3. The summed E-state index contributed by atoms with van der Waals surface area (Å²) >= 11 is 0. The average Bonchev–Trinajstić information content (AvgIpc) is 2.30. The maximum absolute atomic E-state index is 11.7. The summed E-state index contributed by atoms with van der Waals surface area (Å²) in [6.07, 6.45) is -4.72. The Kier molecular flexibility index (Phi) is 6.78. The predicted octanol–water partition coefficient (Wildman–Crippen LogP) is -4.63. The summed E-state index contributed by atoms with van der Waals surface area (Å²) in [6.45, 7) is 0. The molecule has 0 aliphatic carbocycles. The minimum absolute atomic E-state index is 0. The minimum Gasteiger partial charge on any atom is -0.541 e. The van der Waals surface area contributed by atoms with Gasteiger partial charge in [-0.15, -0.1) is 0 Å². The molecule has 6 nitrogen and oxygen atoms in total. The maximum atomic E-state index is 11.7. The molecular weight excluding hydrogens is 234 g/mol. The van der Waals surface area contributed by atoms with Crippen LogP contribution in [0.15, 0.2) is 0 Å². The first-order valence-corrected chi connectivity index (χ1v) is 2.62. The standard InChI is InChI=1S/C4H2F3N3O2.K.H2O/c5-4(6,7)3-8-1(2(11)12)9-10-3;;/h(H,11,12)(H,8,9,10);;1H2/q;+1;/p-1. The maximum Gasteiger partial charge on any atom is 1.00 e. The van der Waals surface area contributed by atoms with Crippen LogP contribution in [0, 0.1) is 0 Å². The monoisotopic (exact) mass is 237 g/mol. The summed E-state index contributed by atoms with van der Waals surface area (Å²) in [5.41, 5.74) is 0. The van der Waals surface area contributed by atoms with E-state index in [9.17, 15) is 23.1 Å². The Bertz CT molecular complexity index is 312. The second-order valence-electron chi connectivity index (χ2n) is 1.79. The van der Waals surface area contributed by atoms with Gasteiger partial charge in [-0.2, -0.15) is 18.3 Å². The van der Waals surface area contributed by atoms with Gasteiger partial charge in [0.15, 0.2) is 5.82 Å². The Morgan fingerprint density at radius 3 is 2.14 bits per heavy atom. The van der Waals surface area contributed by atoms with Crippen molar-refractivity contribution in [1.82, 2.24) is 15.2 Å². The molecule has 0 radical (unpaired) electrons. The molecule has 0 aliphatic rings. The second kappa shape index (κ2) is 5.77. The summed E-state index contributed by atoms with van der Waals surface area (Å²) in [4.78, 5) is 12.5. The van der Waals surface area contributed by atoms with E-state index in [-0.39, 0.29) is 56.9 Å². The van der Waals surface area contributed by atoms with Crippen LogP contribution in [0.25, 0.3) is 0 Å². The molecule has 0 atom stereocenters. The van der Waals surface area contributed by atoms with Crippen molar-refractivity contribution in [2.45, 2.75) is 6.18 Å². The molecule has 74 valence electrons. The molecule has 1 heterocycles. The quantitative estimate of drug-likeness (QED) is 0.495. The number of rotatable bonds is 1. The van der Waals surface area contributed by atoms with Crippen LogP contribution in [0.1, 0.15) is 16.4 Å². The third-order valence-corrected chi connectivity index (χ3v) is 0.936. The molecule has 0 saturated carbocycles. The Morgan fingerprint density at radius 2 is 1.93 bits per heavy atom. The van der Waals surface area contributed by atoms with Crippen molar-refractivity contribution in [3.8, 4) is 0 Å². The van der Waals surface area contributed by atoms with Gasteiger partial charge < -0.3 is 15.4 Å². The van der Waals surface area contributed by atoms with Gasteiger partial charge in [0.05, 0.1) is 0 Å². The summed E-state index contributed by atoms with van der Waals surface area (Å²) in [5.74, 6) is -4.33. The van der Waals surface area contributed by atoms with Gasteiger partial charge in [0.25, 0.3) is 0 Å². The first-order chi connectivity index (χ1) is 5.41. The van der Waals surface area contributed by atoms with Crippen LogP contribution < -0.4 is 56.5 Å². The van der Waals surface area contributed by atoms with E-state index in [0.717, 1.165) is 0 Å². The predicted molar refractivity (Wildman–Crippen MR) is 29.3 cm³/mol. The van der Waals surface area contributed by atoms with E-state index in [1.54, 1.807) is 0 Å². The normalized spacial score (nSPS) is 9.93. The van der Waals surface area contributed by atoms with Gasteiger partial charge in [-0.25, -0.2) is 4.98 Å². The number of nitrogens with zero attached hydrogens (tertiary/aromatic N) is 2. The second-order valence-corrected chi connectivity index (χ2v) is 1.79. The summed E-state index contributed by atoms with van der Waals surface area (Å²) < 4.78 is 35.2. The number of carboxylic acids is 1. The first-order valence-electron chi connectivity index (χ1n) is 2.62. The molecule has 0 aliphatic heterocycles. The molecule has 0 amide bonds. The van der Waals surface area contributed by atoms with Crippen LogP contribution in [0.3, 0.4) is 0 Å². The van der Waals surface area contributed by atoms with Crippen molar-refractivity contribution in [3.05, 3.63) is 11.6 Å². The third-order valence-electron chi connectivity index (χ3n) is 0.936. The van der Waals surface area contributed by atoms with E-state index in [1.807, 2.05) is 0 Å². The van der Waals surface area contributed by atoms with Crippen LogP contribution in [-0.2, 0) is 6.18 Å². The van der Waals surface area contributed by atoms with Gasteiger partial charge in [-0.3, -0.25) is 5.10 Å². The van der Waals surface area contributed by atoms with Gasteiger partial charge in [0.2, 0.25) is 5.82 Å². The molecule has 0 unspecified atom stereocenters. The van der Waals surface area contributed by atoms with Gasteiger partial charge in [0, 0.05) is 0 Å². The van der Waals surface area contributed by atoms with E-state index in [0.29, 0.717) is 0 Å². The van der Waals surface area contributed by atoms with Crippen molar-refractivity contribution in [3.63, 3.8) is 0 Å². The molecule has 1 aromatic rings. The number of hydrogen-bond donors (Lipinski definition) is 1. The Balaban J connectivity index is 0. The number of aromatic carboxylic acids is 1. The van der Waals surface area contributed by atoms with E-state index < -0.39 is 23.8 Å². The molecule has 0 bridgehead atoms. The zero-order valence-corrected chi connectivity index (χ0v) is 9.97. The largest absolute Gasteiger partial charge is 1.00 e. The number of H-pyrrole nitrogens is 1. The van der Waals surface area contributed by atoms with Crippen molar-refractivity contribution >= 4 is 5.97 Å². The molecule has 14 heavy (non-hydrogen) atoms. The van der Waals surface area contributed by atoms with Crippen molar-refractivity contribution in [2.24, 2.45) is 0 Å². The zero-order chi connectivity index (χ0) is 9.35. The Hall–Kier alpha value is -0.00364. The molecule has 10 heteroatoms. The van der Waals surface area contributed by atoms with E-state index in [2.05, 4.69) is 10.1 Å². The van der Waals surface area contributed by atoms with E-state index in [1.165, 1.54) is 5.10 Å². The van der Waals surface area contributed by atoms with Crippen LogP contribution >= 0.6 is 0 Å². The number of carbonyl (C=O) groups is 1. The average molecular weight is 237 g/mol. The number of carboxylic acid groups (broad SMARTS) is 1. The smallest absolute Gasteiger partial charge is 0.541 e. The molecule has 1 rings (SSSR count). The van der Waals surface area contributed by atoms with Crippen LogP contribution in [0.4, 0.5) is 13.2 Å². The van der Waals surface area contributed by atoms with Crippen molar-refractivity contribution in [2.75, 3.05) is 0 Å². The number of alkyl halides is 3. The summed E-state index contributed by atoms with van der Waals surface area (Å²) in [5, 5.41) is 14.1. The molecule has 1 aromatic heterocycles. The van der Waals surface area contributed by atoms with Crippen LogP contribution in [0.2, 0.25) is 0 Å². The number of hydrogen-bond acceptors (Lipinski definition) is 4. The molecule has 0 spiro atoms. The molecule has 3 N–H and O–H groups in total. The van der Waals surface area contributed by atoms with Crippen molar-refractivity contribution < 1.29 is 79.9 Å². The van der Waals surface area contributed by atoms with E-state index in [4.69, 9.17) is 0 Å². The zero-order valence-electron chi connectivity index (χ0n) is 6.84. The first kappa shape index (κ1) is 16.4. The molecule has 0 aromatic carbocycles. The SMILES string of the molecule is O.O=C([O-])c1n[nH]c(C(F)(F)F)n1.[K+]. The van der Waals surface area contributed by atoms with Gasteiger partial charge >= 0.3 is 57.6 Å². The van der Waals surface area contributed by atoms with E-state index >= 15 is 0 Å². The number of halogens is 3. The van der Waals surface area contributed by atoms with Crippen LogP contribution in [0.5, 0.6) is 0 Å². The van der Waals surface area contributed by atoms with Gasteiger partial charge in [-0.1, -0.05) is 0 Å². The summed E-state index contributed by atoms with van der Waals surface area (Å²) in [6, 6.07) is 0.